The van der Waals surface area contributed by atoms with Crippen LogP contribution in [0.5, 0.6) is 0 Å². The molecule has 11 N–H and O–H groups in total. The van der Waals surface area contributed by atoms with E-state index in [9.17, 15) is 96.6 Å². The van der Waals surface area contributed by atoms with Gasteiger partial charge in [0.1, 0.15) is 74.0 Å². The summed E-state index contributed by atoms with van der Waals surface area (Å²) in [6.45, 7) is -20.5. The van der Waals surface area contributed by atoms with Crippen LogP contribution >= 0.6 is 75.6 Å². The summed E-state index contributed by atoms with van der Waals surface area (Å²) >= 11 is 37.0. The molecule has 0 spiro atoms. The van der Waals surface area contributed by atoms with E-state index in [4.69, 9.17) is 163 Å². The molecule has 6 saturated heterocycles. The third-order valence-electron chi connectivity index (χ3n) is 21.5. The van der Waals surface area contributed by atoms with E-state index >= 15 is 0 Å². The number of hydrogen-bond acceptors (Lipinski definition) is 45. The standard InChI is InChI=1S/C72H98N12O40P6S9/c1-34-22-79(67(95)73-61(34)89)55-16-43(49(28-85)113-55)119-126(102,132)109-30-51-47(20-59(115-51)83-26-38(5)65(93)77-71(83)99)123-129(135,106-11-14-138-41(8)87)112-33-54-46(19-58(118-54)82-25-37(4)64(92)76-70(82)98)122-128(104,134)110-31-52-48(21-60(116-52)84-27-39(6)66(94)78-72(84)100)124-130(136,107-12-15-139-42(9)88)111-32-53-45(18-57(117-53)81-24-36(3)63(91)75-69(81)97)121-127(103,133)108-29-50-44(120-125(101,131)105-10-13-137-40(7)86)17-56(114-50)80-23-35(2)62(90)74-68(80)96/h22-27,43-60,85H,10-21,28-33H2,1-9H3,(H,101,131)(H,102,132)(H,103,133)(H,104,134)(H,73,89,95)(H,74,90,96)(H,75,91,97)(H,76,92,98)(H,77,93,99)(H,78,94,100)/t43-,44-,45-,46-,47-,48-,49+,50+,51+,52+,53+,54+,55+,56+,57+,58+,59+,60+,125?,126?,127?,128?,129?,130?/m0/s1. The van der Waals surface area contributed by atoms with E-state index in [0.29, 0.717) is 0 Å². The van der Waals surface area contributed by atoms with E-state index in [1.54, 1.807) is 0 Å². The van der Waals surface area contributed by atoms with Crippen molar-refractivity contribution >= 4 is 162 Å². The van der Waals surface area contributed by atoms with Crippen molar-refractivity contribution in [2.75, 3.05) is 76.7 Å². The Bertz CT molecular complexity index is 6650. The molecule has 12 rings (SSSR count). The van der Waals surface area contributed by atoms with Gasteiger partial charge in [0.25, 0.3) is 33.4 Å². The third kappa shape index (κ3) is 30.6. The van der Waals surface area contributed by atoms with Crippen LogP contribution in [0.15, 0.2) is 94.7 Å². The van der Waals surface area contributed by atoms with E-state index < -0.39 is 284 Å². The van der Waals surface area contributed by atoms with Gasteiger partial charge in [-0.15, -0.1) is 0 Å². The van der Waals surface area contributed by atoms with Crippen LogP contribution < -0.4 is 67.5 Å². The fourth-order valence-corrected chi connectivity index (χ4v) is 26.7. The molecule has 0 aromatic carbocycles. The van der Waals surface area contributed by atoms with Crippen molar-refractivity contribution in [2.45, 2.75) is 211 Å². The van der Waals surface area contributed by atoms with Crippen LogP contribution in [0.3, 0.4) is 0 Å². The molecule has 6 fully saturated rings. The average molecular weight is 2250 g/mol. The molecule has 0 bridgehead atoms. The molecule has 0 amide bonds. The number of carbonyl (C=O) groups excluding carboxylic acids is 3. The molecule has 6 aliphatic rings. The highest BCUT2D eigenvalue weighted by Crippen LogP contribution is 2.60. The Labute approximate surface area is 827 Å². The van der Waals surface area contributed by atoms with Gasteiger partial charge in [0.2, 0.25) is 0 Å². The van der Waals surface area contributed by atoms with Crippen molar-refractivity contribution in [1.82, 2.24) is 57.3 Å². The van der Waals surface area contributed by atoms with Crippen molar-refractivity contribution < 1.29 is 131 Å². The number of nitrogens with zero attached hydrogens (tertiary/aromatic N) is 6. The first-order valence-corrected chi connectivity index (χ1v) is 60.3. The highest BCUT2D eigenvalue weighted by Gasteiger charge is 2.51. The number of H-pyrrole nitrogens is 6. The predicted molar refractivity (Wildman–Crippen MR) is 515 cm³/mol. The Hall–Kier alpha value is -4.96. The number of carbonyl (C=O) groups is 3. The average Bonchev–Trinajstić information content (AvgIpc) is 1.66. The highest BCUT2D eigenvalue weighted by atomic mass is 32.5. The van der Waals surface area contributed by atoms with Gasteiger partial charge in [-0.1, -0.05) is 35.3 Å². The third-order valence-corrected chi connectivity index (χ3v) is 35.0. The summed E-state index contributed by atoms with van der Waals surface area (Å²) in [5, 5.41) is 9.43. The number of aliphatic hydroxyl groups is 1. The Morgan fingerprint density at radius 3 is 0.719 bits per heavy atom. The van der Waals surface area contributed by atoms with Gasteiger partial charge in [0.05, 0.1) is 96.1 Å². The molecule has 0 aliphatic carbocycles. The minimum atomic E-state index is -4.85. The van der Waals surface area contributed by atoms with Crippen LogP contribution in [0.4, 0.5) is 0 Å². The number of aryl methyl sites for hydroxylation is 6. The quantitative estimate of drug-likeness (QED) is 0.0190. The number of ether oxygens (including phenoxy) is 6. The van der Waals surface area contributed by atoms with E-state index in [1.807, 2.05) is 0 Å². The zero-order chi connectivity index (χ0) is 101. The SMILES string of the molecule is CC(=O)SCCOP(O)(=S)O[C@H]1C[C@H](n2cc(C)c(=O)[nH]c2=O)O[C@@H]1COP(O)(=S)O[C@H]1C[C@H](n2cc(C)c(=O)[nH]c2=O)O[C@@H]1COP(=S)(OCCSC(C)=O)O[C@H]1C[C@H](n2cc(C)c(=O)[nH]c2=O)O[C@@H]1COP(O)(=S)O[C@H]1C[C@H](n2cc(C)c(=O)[nH]c2=O)O[C@@H]1COP(=S)(OCCSC(C)=O)O[C@H]1C[C@H](n2cc(C)c(=O)[nH]c2=O)O[C@@H]1COP(O)(=S)O[C@H]1C[C@H](n2cc(C)c(=O)[nH]c2=O)O[C@@H]1CO. The zero-order valence-corrected chi connectivity index (χ0v) is 87.4. The fourth-order valence-electron chi connectivity index (χ4n) is 14.8. The summed E-state index contributed by atoms with van der Waals surface area (Å²) in [4.78, 5) is 254. The number of hydrogen-bond donors (Lipinski definition) is 11. The number of nitrogens with one attached hydrogen (secondary N) is 6. The molecule has 6 aromatic rings. The van der Waals surface area contributed by atoms with Crippen molar-refractivity contribution in [3.8, 4) is 0 Å². The second-order valence-corrected chi connectivity index (χ2v) is 52.8. The molecule has 52 nitrogen and oxygen atoms in total. The summed E-state index contributed by atoms with van der Waals surface area (Å²) in [6.07, 6.45) is -20.0. The number of rotatable bonds is 46. The number of aromatic nitrogens is 12. The summed E-state index contributed by atoms with van der Waals surface area (Å²) in [6, 6.07) is 0. The lowest BCUT2D eigenvalue weighted by Crippen LogP contribution is -2.34. The largest absolute Gasteiger partial charge is 0.394 e. The lowest BCUT2D eigenvalue weighted by molar-refractivity contribution is -0.109. The van der Waals surface area contributed by atoms with Gasteiger partial charge in [-0.2, -0.15) is 0 Å². The van der Waals surface area contributed by atoms with Gasteiger partial charge in [0, 0.05) is 147 Å². The monoisotopic (exact) mass is 2240 g/mol. The van der Waals surface area contributed by atoms with E-state index in [1.165, 1.54) is 99.5 Å². The van der Waals surface area contributed by atoms with Crippen molar-refractivity contribution in [2.24, 2.45) is 0 Å². The molecule has 6 aromatic heterocycles. The maximum Gasteiger partial charge on any atom is 0.330 e. The van der Waals surface area contributed by atoms with E-state index in [-0.39, 0.29) is 98.5 Å². The van der Waals surface area contributed by atoms with Crippen LogP contribution in [0.1, 0.15) is 130 Å². The van der Waals surface area contributed by atoms with Gasteiger partial charge < -0.3 is 116 Å². The lowest BCUT2D eigenvalue weighted by atomic mass is 10.2. The Balaban J connectivity index is 0.804. The van der Waals surface area contributed by atoms with Crippen LogP contribution in [-0.4, -0.2) is 247 Å². The molecule has 6 unspecified atom stereocenters. The highest BCUT2D eigenvalue weighted by molar-refractivity contribution is 8.14. The first-order valence-electron chi connectivity index (χ1n) is 41.9. The Kier molecular flexibility index (Phi) is 39.2. The zero-order valence-electron chi connectivity index (χ0n) is 74.6. The van der Waals surface area contributed by atoms with Gasteiger partial charge in [-0.05, 0) is 112 Å². The molecule has 12 heterocycles. The van der Waals surface area contributed by atoms with Crippen molar-refractivity contribution in [3.63, 3.8) is 0 Å². The smallest absolute Gasteiger partial charge is 0.330 e. The fraction of sp³-hybridized carbons (Fsp3) is 0.625. The van der Waals surface area contributed by atoms with Crippen LogP contribution in [0.25, 0.3) is 0 Å². The molecule has 6 aliphatic heterocycles. The van der Waals surface area contributed by atoms with Gasteiger partial charge in [-0.3, -0.25) is 100 Å². The first-order chi connectivity index (χ1) is 65.2. The van der Waals surface area contributed by atoms with Crippen LogP contribution in [-0.2, 0) is 177 Å². The minimum Gasteiger partial charge on any atom is -0.394 e. The van der Waals surface area contributed by atoms with Gasteiger partial charge in [0.15, 0.2) is 15.3 Å². The normalized spacial score (nSPS) is 27.5. The molecule has 770 valence electrons. The number of thioether (sulfide) groups is 3. The maximum absolute atomic E-state index is 13.8. The first kappa shape index (κ1) is 113. The summed E-state index contributed by atoms with van der Waals surface area (Å²) in [7, 11) is 0. The maximum atomic E-state index is 13.8. The lowest BCUT2D eigenvalue weighted by Gasteiger charge is -2.30. The number of aliphatic hydroxyl groups excluding tert-OH is 1. The second-order valence-electron chi connectivity index (χ2n) is 31.9. The second kappa shape index (κ2) is 48.3. The minimum absolute atomic E-state index is 0.0208. The Morgan fingerprint density at radius 1 is 0.317 bits per heavy atom. The van der Waals surface area contributed by atoms with E-state index in [2.05, 4.69) is 29.9 Å². The molecular formula is C72H98N12O40P6S9. The molecule has 139 heavy (non-hydrogen) atoms. The van der Waals surface area contributed by atoms with Crippen LogP contribution in [0.2, 0.25) is 0 Å². The summed E-state index contributed by atoms with van der Waals surface area (Å²) < 4.78 is 130. The predicted octanol–water partition coefficient (Wildman–Crippen LogP) is 1.45. The molecule has 0 saturated carbocycles. The molecule has 0 radical (unpaired) electrons. The van der Waals surface area contributed by atoms with Gasteiger partial charge >= 0.3 is 74.5 Å². The molecule has 24 atom stereocenters. The number of aromatic amines is 6. The Morgan fingerprint density at radius 2 is 0.504 bits per heavy atom. The van der Waals surface area contributed by atoms with Gasteiger partial charge in [-0.25, -0.2) is 28.8 Å². The molecule has 67 heteroatoms. The summed E-state index contributed by atoms with van der Waals surface area (Å²) in [5.41, 5.74) is -9.66. The van der Waals surface area contributed by atoms with Crippen LogP contribution in [0, 0.1) is 41.5 Å². The molecular weight excluding hydrogens is 2150 g/mol. The summed E-state index contributed by atoms with van der Waals surface area (Å²) in [5.74, 6) is -0.0691. The topological polar surface area (TPSA) is 666 Å². The van der Waals surface area contributed by atoms with E-state index in [0.717, 1.165) is 62.7 Å². The van der Waals surface area contributed by atoms with Crippen molar-refractivity contribution in [3.05, 3.63) is 196 Å². The van der Waals surface area contributed by atoms with Crippen molar-refractivity contribution in [1.29, 1.82) is 0 Å².